The maximum Gasteiger partial charge on any atom is 0.328 e. The van der Waals surface area contributed by atoms with Crippen LogP contribution < -0.4 is 4.74 Å². The fourth-order valence-corrected chi connectivity index (χ4v) is 2.28. The smallest absolute Gasteiger partial charge is 0.328 e. The van der Waals surface area contributed by atoms with Crippen molar-refractivity contribution in [2.75, 3.05) is 13.7 Å². The van der Waals surface area contributed by atoms with E-state index in [1.807, 2.05) is 19.9 Å². The molecule has 0 saturated carbocycles. The second kappa shape index (κ2) is 6.64. The number of rotatable bonds is 6. The predicted molar refractivity (Wildman–Crippen MR) is 84.4 cm³/mol. The molecule has 1 unspecified atom stereocenters. The van der Waals surface area contributed by atoms with Gasteiger partial charge in [-0.05, 0) is 31.0 Å². The van der Waals surface area contributed by atoms with Crippen LogP contribution in [0.15, 0.2) is 24.4 Å². The first-order valence-electron chi connectivity index (χ1n) is 7.28. The van der Waals surface area contributed by atoms with Crippen LogP contribution in [0.5, 0.6) is 5.75 Å². The van der Waals surface area contributed by atoms with E-state index in [2.05, 4.69) is 0 Å². The van der Waals surface area contributed by atoms with E-state index in [0.29, 0.717) is 17.9 Å². The summed E-state index contributed by atoms with van der Waals surface area (Å²) in [4.78, 5) is 23.4. The van der Waals surface area contributed by atoms with Crippen molar-refractivity contribution in [2.45, 2.75) is 26.8 Å². The molecule has 5 nitrogen and oxygen atoms in total. The van der Waals surface area contributed by atoms with Gasteiger partial charge in [0, 0.05) is 22.7 Å². The minimum atomic E-state index is -0.497. The third-order valence-corrected chi connectivity index (χ3v) is 3.52. The Labute approximate surface area is 129 Å². The summed E-state index contributed by atoms with van der Waals surface area (Å²) in [5.41, 5.74) is 1.33. The minimum Gasteiger partial charge on any atom is -0.497 e. The van der Waals surface area contributed by atoms with E-state index in [1.54, 1.807) is 36.9 Å². The Bertz CT molecular complexity index is 687. The van der Waals surface area contributed by atoms with E-state index in [1.165, 1.54) is 0 Å². The molecular weight excluding hydrogens is 282 g/mol. The SMILES string of the molecule is COc1ccc2c(c1)c(C=O)cn2C(C)C(=O)OCC(C)C. The number of carbonyl (C=O) groups excluding carboxylic acids is 2. The number of nitrogens with zero attached hydrogens (tertiary/aromatic N) is 1. The summed E-state index contributed by atoms with van der Waals surface area (Å²) in [7, 11) is 1.57. The number of fused-ring (bicyclic) bond motifs is 1. The van der Waals surface area contributed by atoms with Crippen LogP contribution in [0.2, 0.25) is 0 Å². The van der Waals surface area contributed by atoms with E-state index < -0.39 is 6.04 Å². The standard InChI is InChI=1S/C17H21NO4/c1-11(2)10-22-17(20)12(3)18-8-13(9-19)15-7-14(21-4)5-6-16(15)18/h5-9,11-12H,10H2,1-4H3. The Morgan fingerprint density at radius 3 is 2.64 bits per heavy atom. The lowest BCUT2D eigenvalue weighted by Crippen LogP contribution is -2.20. The number of hydrogen-bond donors (Lipinski definition) is 0. The average molecular weight is 303 g/mol. The summed E-state index contributed by atoms with van der Waals surface area (Å²) < 4.78 is 12.2. The first-order valence-corrected chi connectivity index (χ1v) is 7.28. The third kappa shape index (κ3) is 3.13. The van der Waals surface area contributed by atoms with Crippen LogP contribution in [0.25, 0.3) is 10.9 Å². The first-order chi connectivity index (χ1) is 10.5. The summed E-state index contributed by atoms with van der Waals surface area (Å²) >= 11 is 0. The number of carbonyl (C=O) groups is 2. The Kier molecular flexibility index (Phi) is 4.85. The van der Waals surface area contributed by atoms with E-state index >= 15 is 0 Å². The van der Waals surface area contributed by atoms with E-state index in [-0.39, 0.29) is 11.9 Å². The monoisotopic (exact) mass is 303 g/mol. The van der Waals surface area contributed by atoms with Crippen molar-refractivity contribution >= 4 is 23.2 Å². The fourth-order valence-electron chi connectivity index (χ4n) is 2.28. The molecule has 0 spiro atoms. The maximum absolute atomic E-state index is 12.2. The number of aldehydes is 1. The molecule has 1 aromatic carbocycles. The van der Waals surface area contributed by atoms with Crippen molar-refractivity contribution < 1.29 is 19.1 Å². The van der Waals surface area contributed by atoms with Gasteiger partial charge in [0.2, 0.25) is 0 Å². The minimum absolute atomic E-state index is 0.285. The number of benzene rings is 1. The predicted octanol–water partition coefficient (Wildman–Crippen LogP) is 3.22. The molecule has 0 aliphatic rings. The molecule has 0 fully saturated rings. The third-order valence-electron chi connectivity index (χ3n) is 3.52. The molecule has 5 heteroatoms. The highest BCUT2D eigenvalue weighted by Gasteiger charge is 2.20. The van der Waals surface area contributed by atoms with Gasteiger partial charge >= 0.3 is 5.97 Å². The second-order valence-corrected chi connectivity index (χ2v) is 5.69. The van der Waals surface area contributed by atoms with Crippen LogP contribution in [-0.2, 0) is 9.53 Å². The van der Waals surface area contributed by atoms with Crippen molar-refractivity contribution in [3.8, 4) is 5.75 Å². The Balaban J connectivity index is 2.38. The largest absolute Gasteiger partial charge is 0.497 e. The van der Waals surface area contributed by atoms with Crippen molar-refractivity contribution in [1.82, 2.24) is 4.57 Å². The van der Waals surface area contributed by atoms with E-state index in [0.717, 1.165) is 17.2 Å². The average Bonchev–Trinajstić information content (AvgIpc) is 2.89. The number of hydrogen-bond acceptors (Lipinski definition) is 4. The molecule has 2 aromatic rings. The molecule has 0 aliphatic heterocycles. The second-order valence-electron chi connectivity index (χ2n) is 5.69. The molecule has 2 rings (SSSR count). The first kappa shape index (κ1) is 16.1. The zero-order chi connectivity index (χ0) is 16.3. The summed E-state index contributed by atoms with van der Waals surface area (Å²) in [5.74, 6) is 0.648. The van der Waals surface area contributed by atoms with Gasteiger partial charge in [-0.25, -0.2) is 4.79 Å². The Morgan fingerprint density at radius 1 is 1.32 bits per heavy atom. The van der Waals surface area contributed by atoms with Gasteiger partial charge in [0.25, 0.3) is 0 Å². The lowest BCUT2D eigenvalue weighted by Gasteiger charge is -2.15. The Morgan fingerprint density at radius 2 is 2.05 bits per heavy atom. The highest BCUT2D eigenvalue weighted by molar-refractivity contribution is 5.99. The molecule has 1 atom stereocenters. The normalized spacial score (nSPS) is 12.4. The zero-order valence-corrected chi connectivity index (χ0v) is 13.3. The van der Waals surface area contributed by atoms with Crippen LogP contribution in [0.4, 0.5) is 0 Å². The molecule has 0 aliphatic carbocycles. The number of aromatic nitrogens is 1. The van der Waals surface area contributed by atoms with Crippen molar-refractivity contribution in [1.29, 1.82) is 0 Å². The van der Waals surface area contributed by atoms with Crippen LogP contribution in [0.3, 0.4) is 0 Å². The maximum atomic E-state index is 12.2. The van der Waals surface area contributed by atoms with E-state index in [9.17, 15) is 9.59 Å². The number of esters is 1. The summed E-state index contributed by atoms with van der Waals surface area (Å²) in [6.45, 7) is 6.12. The molecule has 22 heavy (non-hydrogen) atoms. The van der Waals surface area contributed by atoms with Crippen LogP contribution >= 0.6 is 0 Å². The van der Waals surface area contributed by atoms with Crippen molar-refractivity contribution in [2.24, 2.45) is 5.92 Å². The van der Waals surface area contributed by atoms with Crippen LogP contribution in [0.1, 0.15) is 37.2 Å². The van der Waals surface area contributed by atoms with Gasteiger partial charge < -0.3 is 14.0 Å². The van der Waals surface area contributed by atoms with E-state index in [4.69, 9.17) is 9.47 Å². The van der Waals surface area contributed by atoms with Crippen molar-refractivity contribution in [3.05, 3.63) is 30.0 Å². The van der Waals surface area contributed by atoms with Crippen LogP contribution in [0, 0.1) is 5.92 Å². The Hall–Kier alpha value is -2.30. The summed E-state index contributed by atoms with van der Waals surface area (Å²) in [6, 6.07) is 4.94. The molecule has 1 heterocycles. The molecular formula is C17H21NO4. The quantitative estimate of drug-likeness (QED) is 0.607. The highest BCUT2D eigenvalue weighted by Crippen LogP contribution is 2.28. The molecule has 0 bridgehead atoms. The fraction of sp³-hybridized carbons (Fsp3) is 0.412. The van der Waals surface area contributed by atoms with Gasteiger partial charge in [0.05, 0.1) is 13.7 Å². The van der Waals surface area contributed by atoms with Gasteiger partial charge in [-0.1, -0.05) is 13.8 Å². The van der Waals surface area contributed by atoms with Gasteiger partial charge in [-0.3, -0.25) is 4.79 Å². The zero-order valence-electron chi connectivity index (χ0n) is 13.3. The van der Waals surface area contributed by atoms with Gasteiger partial charge in [0.15, 0.2) is 6.29 Å². The van der Waals surface area contributed by atoms with Gasteiger partial charge in [-0.15, -0.1) is 0 Å². The summed E-state index contributed by atoms with van der Waals surface area (Å²) in [5, 5.41) is 0.762. The highest BCUT2D eigenvalue weighted by atomic mass is 16.5. The number of methoxy groups -OCH3 is 1. The topological polar surface area (TPSA) is 57.5 Å². The molecule has 0 N–H and O–H groups in total. The molecule has 0 saturated heterocycles. The number of ether oxygens (including phenoxy) is 2. The molecule has 118 valence electrons. The van der Waals surface area contributed by atoms with Gasteiger partial charge in [0.1, 0.15) is 11.8 Å². The molecule has 0 radical (unpaired) electrons. The van der Waals surface area contributed by atoms with Gasteiger partial charge in [-0.2, -0.15) is 0 Å². The lowest BCUT2D eigenvalue weighted by molar-refractivity contribution is -0.148. The lowest BCUT2D eigenvalue weighted by atomic mass is 10.2. The van der Waals surface area contributed by atoms with Crippen LogP contribution in [-0.4, -0.2) is 30.5 Å². The summed E-state index contributed by atoms with van der Waals surface area (Å²) in [6.07, 6.45) is 2.46. The van der Waals surface area contributed by atoms with Crippen molar-refractivity contribution in [3.63, 3.8) is 0 Å². The molecule has 0 amide bonds. The molecule has 1 aromatic heterocycles.